The van der Waals surface area contributed by atoms with Gasteiger partial charge in [-0.25, -0.2) is 0 Å². The molecule has 0 fully saturated rings. The Bertz CT molecular complexity index is 8.49. The van der Waals surface area contributed by atoms with Crippen molar-refractivity contribution in [1.82, 2.24) is 0 Å². The van der Waals surface area contributed by atoms with Crippen molar-refractivity contribution < 1.29 is 27.9 Å². The van der Waals surface area contributed by atoms with Crippen LogP contribution in [0.3, 0.4) is 0 Å². The molecule has 0 radical (unpaired) electrons. The summed E-state index contributed by atoms with van der Waals surface area (Å²) in [6.07, 6.45) is 0. The summed E-state index contributed by atoms with van der Waals surface area (Å²) in [5, 5.41) is 0. The Morgan fingerprint density at radius 3 is 0.625 bits per heavy atom. The molecule has 0 aromatic carbocycles. The predicted molar refractivity (Wildman–Crippen MR) is 29.5 cm³/mol. The molecule has 0 aliphatic carbocycles. The van der Waals surface area contributed by atoms with E-state index in [0.717, 1.165) is 0 Å². The van der Waals surface area contributed by atoms with Crippen LogP contribution in [0.1, 0.15) is 0 Å². The minimum atomic E-state index is 0. The van der Waals surface area contributed by atoms with Crippen molar-refractivity contribution in [2.75, 3.05) is 7.18 Å². The number of rotatable bonds is 0. The molecule has 0 aliphatic rings. The van der Waals surface area contributed by atoms with Crippen molar-refractivity contribution in [3.63, 3.8) is 0 Å². The van der Waals surface area contributed by atoms with Gasteiger partial charge >= 0.3 is 24.4 Å². The quantitative estimate of drug-likeness (QED) is 0.429. The molecule has 0 atom stereocenters. The van der Waals surface area contributed by atoms with Crippen molar-refractivity contribution in [2.24, 2.45) is 0 Å². The molecule has 0 spiro atoms. The summed E-state index contributed by atoms with van der Waals surface area (Å²) in [5.41, 5.74) is 0. The zero-order valence-electron chi connectivity index (χ0n) is 4.13. The topological polar surface area (TPSA) is 0 Å². The third-order valence-corrected chi connectivity index (χ3v) is 0. The van der Waals surface area contributed by atoms with Crippen LogP contribution in [0.5, 0.6) is 0 Å². The first-order valence-corrected chi connectivity index (χ1v) is 0.378. The molecule has 8 heavy (non-hydrogen) atoms. The van der Waals surface area contributed by atoms with E-state index in [9.17, 15) is 4.39 Å². The predicted octanol–water partition coefficient (Wildman–Crippen LogP) is 0.164. The summed E-state index contributed by atoms with van der Waals surface area (Å²) in [4.78, 5) is 0. The second-order valence-corrected chi connectivity index (χ2v) is 0. The van der Waals surface area contributed by atoms with Gasteiger partial charge in [0.25, 0.3) is 0 Å². The van der Waals surface area contributed by atoms with Crippen LogP contribution in [0.15, 0.2) is 0 Å². The van der Waals surface area contributed by atoms with E-state index in [-0.39, 0.29) is 47.9 Å². The Morgan fingerprint density at radius 2 is 0.625 bits per heavy atom. The van der Waals surface area contributed by atoms with Gasteiger partial charge in [-0.3, -0.25) is 27.9 Å². The third-order valence-electron chi connectivity index (χ3n) is 0. The molecule has 0 aromatic heterocycles. The average Bonchev–Trinajstić information content (AvgIpc) is 1.00. The van der Waals surface area contributed by atoms with Crippen LogP contribution in [0, 0.1) is 0 Å². The van der Waals surface area contributed by atoms with Gasteiger partial charge in [0.05, 0.1) is 7.18 Å². The van der Waals surface area contributed by atoms with Gasteiger partial charge in [-0.2, -0.15) is 0 Å². The van der Waals surface area contributed by atoms with Crippen molar-refractivity contribution in [3.8, 4) is 0 Å². The zero-order valence-corrected chi connectivity index (χ0v) is 8.16. The van der Waals surface area contributed by atoms with Crippen LogP contribution in [0.2, 0.25) is 0 Å². The van der Waals surface area contributed by atoms with Crippen molar-refractivity contribution in [3.05, 3.63) is 0 Å². The minimum absolute atomic E-state index is 0. The van der Waals surface area contributed by atoms with Crippen LogP contribution < -0.4 is 0 Å². The SMILES string of the molecule is CF.F.F.F.F.F.[SbH3]. The standard InChI is InChI=1S/CH3F.5FH.Sb.3H/c1-2;;;;;;;;;/h1H3;5*1H;;;;. The molecule has 7 heteroatoms. The molecule has 0 saturated heterocycles. The second kappa shape index (κ2) is 1910. The summed E-state index contributed by atoms with van der Waals surface area (Å²) in [7, 11) is 0.500. The van der Waals surface area contributed by atoms with E-state index >= 15 is 0 Å². The molecule has 0 bridgehead atoms. The number of hydrogen-bond donors (Lipinski definition) is 0. The monoisotopic (exact) mass is 258 g/mol. The molecule has 0 saturated carbocycles. The second-order valence-electron chi connectivity index (χ2n) is 0. The molecule has 0 rings (SSSR count). The van der Waals surface area contributed by atoms with Crippen LogP contribution in [-0.2, 0) is 0 Å². The molecule has 0 aromatic rings. The van der Waals surface area contributed by atoms with E-state index in [0.29, 0.717) is 7.18 Å². The van der Waals surface area contributed by atoms with Gasteiger partial charge < -0.3 is 0 Å². The van der Waals surface area contributed by atoms with Gasteiger partial charge in [-0.05, 0) is 0 Å². The van der Waals surface area contributed by atoms with Gasteiger partial charge in [-0.1, -0.05) is 0 Å². The Balaban J connectivity index is -0.000000000333. The summed E-state index contributed by atoms with van der Waals surface area (Å²) in [5.74, 6) is 0. The Labute approximate surface area is 60.1 Å². The van der Waals surface area contributed by atoms with Crippen molar-refractivity contribution in [2.45, 2.75) is 0 Å². The van der Waals surface area contributed by atoms with Gasteiger partial charge in [0, 0.05) is 0 Å². The van der Waals surface area contributed by atoms with E-state index in [1.165, 1.54) is 0 Å². The maximum atomic E-state index is 9.50. The third kappa shape index (κ3) is 1180. The summed E-state index contributed by atoms with van der Waals surface area (Å²) in [6.45, 7) is 0. The van der Waals surface area contributed by atoms with E-state index in [1.54, 1.807) is 0 Å². The Morgan fingerprint density at radius 1 is 0.625 bits per heavy atom. The van der Waals surface area contributed by atoms with E-state index in [4.69, 9.17) is 0 Å². The number of alkyl halides is 1. The van der Waals surface area contributed by atoms with Crippen molar-refractivity contribution in [1.29, 1.82) is 0 Å². The molecule has 0 N–H and O–H groups in total. The van der Waals surface area contributed by atoms with Crippen LogP contribution in [0.25, 0.3) is 0 Å². The average molecular weight is 259 g/mol. The molecule has 0 amide bonds. The first kappa shape index (κ1) is 235. The fraction of sp³-hybridized carbons (Fsp3) is 1.00. The molecule has 0 heterocycles. The fourth-order valence-electron chi connectivity index (χ4n) is 0. The molecular formula is CH11F6Sb. The van der Waals surface area contributed by atoms with Gasteiger partial charge in [0.1, 0.15) is 0 Å². The first-order chi connectivity index (χ1) is 1.00. The number of halogens is 6. The van der Waals surface area contributed by atoms with Crippen LogP contribution in [0.4, 0.5) is 27.9 Å². The molecule has 0 unspecified atom stereocenters. The normalized spacial score (nSPS) is 0.750. The first-order valence-electron chi connectivity index (χ1n) is 0.378. The maximum absolute atomic E-state index is 9.50. The van der Waals surface area contributed by atoms with Gasteiger partial charge in [0.15, 0.2) is 0 Å². The van der Waals surface area contributed by atoms with Gasteiger partial charge in [-0.15, -0.1) is 0 Å². The molecular weight excluding hydrogens is 248 g/mol. The van der Waals surface area contributed by atoms with Crippen molar-refractivity contribution >= 4 is 24.4 Å². The fourth-order valence-corrected chi connectivity index (χ4v) is 0. The summed E-state index contributed by atoms with van der Waals surface area (Å²) in [6, 6.07) is 0. The Kier molecular flexibility index (Phi) is 56100. The zero-order chi connectivity index (χ0) is 2.00. The Hall–Kier alpha value is 0.398. The van der Waals surface area contributed by atoms with Crippen LogP contribution >= 0.6 is 0 Å². The van der Waals surface area contributed by atoms with Crippen LogP contribution in [-0.4, -0.2) is 31.6 Å². The summed E-state index contributed by atoms with van der Waals surface area (Å²) < 4.78 is 9.50. The van der Waals surface area contributed by atoms with E-state index < -0.39 is 0 Å². The number of hydrogen-bond acceptors (Lipinski definition) is 0. The molecule has 0 nitrogen and oxygen atoms in total. The summed E-state index contributed by atoms with van der Waals surface area (Å²) >= 11 is 0. The van der Waals surface area contributed by atoms with E-state index in [2.05, 4.69) is 0 Å². The van der Waals surface area contributed by atoms with Gasteiger partial charge in [0.2, 0.25) is 0 Å². The molecule has 62 valence electrons. The molecule has 0 aliphatic heterocycles. The van der Waals surface area contributed by atoms with E-state index in [1.807, 2.05) is 0 Å².